The third kappa shape index (κ3) is 5.05. The van der Waals surface area contributed by atoms with Crippen molar-refractivity contribution in [2.75, 3.05) is 31.5 Å². The van der Waals surface area contributed by atoms with E-state index in [0.29, 0.717) is 0 Å². The number of ether oxygens (including phenoxy) is 1. The summed E-state index contributed by atoms with van der Waals surface area (Å²) in [7, 11) is 1.71. The van der Waals surface area contributed by atoms with Crippen molar-refractivity contribution < 1.29 is 4.74 Å². The molecule has 0 saturated carbocycles. The second-order valence-corrected chi connectivity index (χ2v) is 3.79. The highest BCUT2D eigenvalue weighted by Gasteiger charge is 1.95. The Kier molecular flexibility index (Phi) is 6.21. The number of hydrogen-bond acceptors (Lipinski definition) is 2. The van der Waals surface area contributed by atoms with Crippen molar-refractivity contribution in [1.82, 2.24) is 0 Å². The number of benzene rings is 1. The van der Waals surface area contributed by atoms with E-state index in [9.17, 15) is 0 Å². The van der Waals surface area contributed by atoms with Crippen LogP contribution < -0.4 is 5.32 Å². The summed E-state index contributed by atoms with van der Waals surface area (Å²) in [6.07, 6.45) is 2.08. The summed E-state index contributed by atoms with van der Waals surface area (Å²) in [5, 5.41) is 3.30. The van der Waals surface area contributed by atoms with Gasteiger partial charge in [-0.15, -0.1) is 11.6 Å². The molecular weight excluding hydrogens is 210 g/mol. The van der Waals surface area contributed by atoms with E-state index in [-0.39, 0.29) is 0 Å². The Hall–Kier alpha value is -0.730. The maximum Gasteiger partial charge on any atom is 0.0635 e. The first-order valence-electron chi connectivity index (χ1n) is 5.24. The van der Waals surface area contributed by atoms with Gasteiger partial charge in [0, 0.05) is 25.2 Å². The van der Waals surface area contributed by atoms with Crippen LogP contribution in [0.25, 0.3) is 0 Å². The van der Waals surface area contributed by atoms with Gasteiger partial charge in [0.25, 0.3) is 0 Å². The third-order valence-electron chi connectivity index (χ3n) is 2.16. The molecule has 0 saturated heterocycles. The summed E-state index contributed by atoms with van der Waals surface area (Å²) in [5.74, 6) is 0.724. The Morgan fingerprint density at radius 2 is 2.27 bits per heavy atom. The molecule has 0 aliphatic rings. The van der Waals surface area contributed by atoms with Gasteiger partial charge in [0.2, 0.25) is 0 Å². The zero-order valence-electron chi connectivity index (χ0n) is 9.13. The average molecular weight is 228 g/mol. The molecule has 0 atom stereocenters. The lowest BCUT2D eigenvalue weighted by atomic mass is 10.1. The van der Waals surface area contributed by atoms with E-state index < -0.39 is 0 Å². The molecule has 0 aliphatic carbocycles. The monoisotopic (exact) mass is 227 g/mol. The average Bonchev–Trinajstić information content (AvgIpc) is 2.27. The molecule has 1 N–H and O–H groups in total. The van der Waals surface area contributed by atoms with E-state index in [0.717, 1.165) is 37.6 Å². The fourth-order valence-electron chi connectivity index (χ4n) is 1.41. The van der Waals surface area contributed by atoms with E-state index >= 15 is 0 Å². The molecule has 3 heteroatoms. The number of nitrogens with one attached hydrogen (secondary N) is 1. The number of halogens is 1. The van der Waals surface area contributed by atoms with Crippen molar-refractivity contribution >= 4 is 17.3 Å². The molecule has 0 heterocycles. The highest BCUT2D eigenvalue weighted by atomic mass is 35.5. The van der Waals surface area contributed by atoms with Crippen LogP contribution in [0, 0.1) is 0 Å². The molecule has 0 aromatic heterocycles. The number of hydrogen-bond donors (Lipinski definition) is 1. The molecule has 1 aromatic carbocycles. The second-order valence-electron chi connectivity index (χ2n) is 3.41. The molecule has 0 radical (unpaired) electrons. The SMILES string of the molecule is COCCNc1cccc(CCCCl)c1. The van der Waals surface area contributed by atoms with Gasteiger partial charge in [0.05, 0.1) is 6.61 Å². The van der Waals surface area contributed by atoms with E-state index in [1.54, 1.807) is 7.11 Å². The van der Waals surface area contributed by atoms with Gasteiger partial charge in [-0.25, -0.2) is 0 Å². The van der Waals surface area contributed by atoms with Crippen molar-refractivity contribution in [3.8, 4) is 0 Å². The number of alkyl halides is 1. The lowest BCUT2D eigenvalue weighted by Crippen LogP contribution is -2.07. The lowest BCUT2D eigenvalue weighted by Gasteiger charge is -2.07. The molecule has 0 aliphatic heterocycles. The maximum atomic E-state index is 5.66. The van der Waals surface area contributed by atoms with Crippen LogP contribution in [0.2, 0.25) is 0 Å². The zero-order chi connectivity index (χ0) is 10.9. The molecule has 0 fully saturated rings. The van der Waals surface area contributed by atoms with Crippen LogP contribution in [-0.2, 0) is 11.2 Å². The lowest BCUT2D eigenvalue weighted by molar-refractivity contribution is 0.211. The summed E-state index contributed by atoms with van der Waals surface area (Å²) >= 11 is 5.66. The standard InChI is InChI=1S/C12H18ClNO/c1-15-9-8-14-12-6-2-4-11(10-12)5-3-7-13/h2,4,6,10,14H,3,5,7-9H2,1H3. The molecule has 1 rings (SSSR count). The molecule has 2 nitrogen and oxygen atoms in total. The van der Waals surface area contributed by atoms with Gasteiger partial charge in [-0.1, -0.05) is 12.1 Å². The molecule has 1 aromatic rings. The Morgan fingerprint density at radius 1 is 1.40 bits per heavy atom. The van der Waals surface area contributed by atoms with E-state index in [1.165, 1.54) is 5.56 Å². The van der Waals surface area contributed by atoms with Crippen molar-refractivity contribution in [1.29, 1.82) is 0 Å². The number of methoxy groups -OCH3 is 1. The highest BCUT2D eigenvalue weighted by molar-refractivity contribution is 6.17. The van der Waals surface area contributed by atoms with Gasteiger partial charge >= 0.3 is 0 Å². The molecule has 0 unspecified atom stereocenters. The minimum absolute atomic E-state index is 0.724. The Bertz CT molecular complexity index is 278. The summed E-state index contributed by atoms with van der Waals surface area (Å²) in [6.45, 7) is 1.57. The first-order valence-corrected chi connectivity index (χ1v) is 5.78. The van der Waals surface area contributed by atoms with Gasteiger partial charge < -0.3 is 10.1 Å². The quantitative estimate of drug-likeness (QED) is 0.571. The molecular formula is C12H18ClNO. The topological polar surface area (TPSA) is 21.3 Å². The summed E-state index contributed by atoms with van der Waals surface area (Å²) < 4.78 is 4.98. The number of aryl methyl sites for hydroxylation is 1. The highest BCUT2D eigenvalue weighted by Crippen LogP contribution is 2.12. The summed E-state index contributed by atoms with van der Waals surface area (Å²) in [6, 6.07) is 8.44. The predicted molar refractivity (Wildman–Crippen MR) is 65.8 cm³/mol. The smallest absolute Gasteiger partial charge is 0.0635 e. The zero-order valence-corrected chi connectivity index (χ0v) is 9.89. The summed E-state index contributed by atoms with van der Waals surface area (Å²) in [4.78, 5) is 0. The Morgan fingerprint density at radius 3 is 3.00 bits per heavy atom. The van der Waals surface area contributed by atoms with Crippen LogP contribution >= 0.6 is 11.6 Å². The molecule has 0 amide bonds. The first kappa shape index (κ1) is 12.3. The van der Waals surface area contributed by atoms with Gasteiger partial charge in [-0.3, -0.25) is 0 Å². The Balaban J connectivity index is 2.42. The second kappa shape index (κ2) is 7.55. The number of anilines is 1. The predicted octanol–water partition coefficient (Wildman–Crippen LogP) is 2.92. The first-order chi connectivity index (χ1) is 7.36. The van der Waals surface area contributed by atoms with Crippen molar-refractivity contribution in [2.24, 2.45) is 0 Å². The van der Waals surface area contributed by atoms with Gasteiger partial charge in [-0.2, -0.15) is 0 Å². The van der Waals surface area contributed by atoms with Gasteiger partial charge in [0.15, 0.2) is 0 Å². The third-order valence-corrected chi connectivity index (χ3v) is 2.43. The van der Waals surface area contributed by atoms with Crippen LogP contribution in [0.3, 0.4) is 0 Å². The normalized spacial score (nSPS) is 10.3. The molecule has 0 bridgehead atoms. The van der Waals surface area contributed by atoms with Gasteiger partial charge in [0.1, 0.15) is 0 Å². The van der Waals surface area contributed by atoms with E-state index in [1.807, 2.05) is 0 Å². The van der Waals surface area contributed by atoms with Crippen LogP contribution in [0.5, 0.6) is 0 Å². The van der Waals surface area contributed by atoms with Crippen molar-refractivity contribution in [2.45, 2.75) is 12.8 Å². The van der Waals surface area contributed by atoms with Crippen molar-refractivity contribution in [3.05, 3.63) is 29.8 Å². The largest absolute Gasteiger partial charge is 0.383 e. The van der Waals surface area contributed by atoms with Crippen molar-refractivity contribution in [3.63, 3.8) is 0 Å². The fraction of sp³-hybridized carbons (Fsp3) is 0.500. The molecule has 84 valence electrons. The van der Waals surface area contributed by atoms with Crippen LogP contribution in [0.4, 0.5) is 5.69 Å². The van der Waals surface area contributed by atoms with Crippen LogP contribution in [-0.4, -0.2) is 26.1 Å². The van der Waals surface area contributed by atoms with Crippen LogP contribution in [0.15, 0.2) is 24.3 Å². The fourth-order valence-corrected chi connectivity index (χ4v) is 1.54. The minimum atomic E-state index is 0.724. The minimum Gasteiger partial charge on any atom is -0.383 e. The maximum absolute atomic E-state index is 5.66. The van der Waals surface area contributed by atoms with E-state index in [2.05, 4.69) is 29.6 Å². The van der Waals surface area contributed by atoms with E-state index in [4.69, 9.17) is 16.3 Å². The van der Waals surface area contributed by atoms with Crippen LogP contribution in [0.1, 0.15) is 12.0 Å². The Labute approximate surface area is 96.6 Å². The van der Waals surface area contributed by atoms with Gasteiger partial charge in [-0.05, 0) is 30.5 Å². The number of rotatable bonds is 7. The molecule has 0 spiro atoms. The summed E-state index contributed by atoms with van der Waals surface area (Å²) in [5.41, 5.74) is 2.48. The molecule has 15 heavy (non-hydrogen) atoms.